The van der Waals surface area contributed by atoms with E-state index < -0.39 is 78.1 Å². The zero-order chi connectivity index (χ0) is 40.2. The van der Waals surface area contributed by atoms with Crippen LogP contribution in [0, 0.1) is 17.8 Å². The third-order valence-corrected chi connectivity index (χ3v) is 8.41. The third kappa shape index (κ3) is 18.8. The number of amides is 6. The molecule has 0 saturated carbocycles. The summed E-state index contributed by atoms with van der Waals surface area (Å²) in [6, 6.07) is -6.88. The van der Waals surface area contributed by atoms with E-state index >= 15 is 0 Å². The lowest BCUT2D eigenvalue weighted by Gasteiger charge is -2.28. The van der Waals surface area contributed by atoms with E-state index in [-0.39, 0.29) is 61.9 Å². The number of aliphatic carboxylic acids is 2. The van der Waals surface area contributed by atoms with Crippen LogP contribution in [0.2, 0.25) is 0 Å². The van der Waals surface area contributed by atoms with Gasteiger partial charge in [0, 0.05) is 0 Å². The molecule has 0 aromatic heterocycles. The Bertz CT molecular complexity index is 1260. The van der Waals surface area contributed by atoms with Gasteiger partial charge in [0.15, 0.2) is 0 Å². The van der Waals surface area contributed by atoms with Gasteiger partial charge in [-0.05, 0) is 82.2 Å². The fraction of sp³-hybridized carbons (Fsp3) is 0.771. The van der Waals surface area contributed by atoms with Crippen LogP contribution in [0.15, 0.2) is 0 Å². The van der Waals surface area contributed by atoms with Crippen molar-refractivity contribution < 1.29 is 48.6 Å². The highest BCUT2D eigenvalue weighted by Crippen LogP contribution is 2.12. The molecule has 0 aliphatic carbocycles. The molecule has 53 heavy (non-hydrogen) atoms. The van der Waals surface area contributed by atoms with E-state index in [1.807, 2.05) is 13.8 Å². The quantitative estimate of drug-likeness (QED) is 0.0508. The first-order valence-electron chi connectivity index (χ1n) is 18.5. The van der Waals surface area contributed by atoms with Crippen LogP contribution in [0.5, 0.6) is 0 Å². The molecule has 1 fully saturated rings. The number of hydrogen-bond donors (Lipinski definition) is 10. The molecule has 1 rings (SSSR count). The number of nitrogens with two attached hydrogens (primary N) is 1. The van der Waals surface area contributed by atoms with E-state index in [4.69, 9.17) is 5.73 Å². The maximum Gasteiger partial charge on any atom is 0.326 e. The molecule has 302 valence electrons. The van der Waals surface area contributed by atoms with Gasteiger partial charge < -0.3 is 53.2 Å². The van der Waals surface area contributed by atoms with Gasteiger partial charge >= 0.3 is 11.9 Å². The van der Waals surface area contributed by atoms with Crippen molar-refractivity contribution in [2.24, 2.45) is 23.5 Å². The van der Waals surface area contributed by atoms with Crippen molar-refractivity contribution in [3.63, 3.8) is 0 Å². The lowest BCUT2D eigenvalue weighted by atomic mass is 9.99. The Kier molecular flexibility index (Phi) is 21.2. The standard InChI is InChI=1S/C35H62N8O10/c1-19(2)14-24(39-28(44)18-38-30(47)22-11-9-13-37-22)31(48)41-26(16-21(5)6)33(50)43-27(17-29(45)46)34(51)42-25(15-20(3)4)32(49)40-23(35(52)53)10-7-8-12-36/h19-27,37H,7-18,36H2,1-6H3,(H,38,47)(H,39,44)(H,40,49)(H,41,48)(H,42,51)(H,43,50)(H,45,46)(H,52,53)/t22-,23-,24-,25-,26-,27-/m0/s1. The molecule has 6 atom stereocenters. The molecule has 1 saturated heterocycles. The molecule has 18 nitrogen and oxygen atoms in total. The number of carbonyl (C=O) groups excluding carboxylic acids is 6. The zero-order valence-electron chi connectivity index (χ0n) is 31.9. The van der Waals surface area contributed by atoms with Crippen LogP contribution in [-0.2, 0) is 38.4 Å². The van der Waals surface area contributed by atoms with Crippen molar-refractivity contribution in [1.82, 2.24) is 37.2 Å². The molecule has 1 aliphatic heterocycles. The van der Waals surface area contributed by atoms with Gasteiger partial charge in [-0.2, -0.15) is 0 Å². The molecule has 0 aromatic carbocycles. The molecular formula is C35H62N8O10. The number of carbonyl (C=O) groups is 8. The second-order valence-corrected chi connectivity index (χ2v) is 14.8. The average molecular weight is 755 g/mol. The van der Waals surface area contributed by atoms with Gasteiger partial charge in [0.2, 0.25) is 35.4 Å². The highest BCUT2D eigenvalue weighted by atomic mass is 16.4. The molecule has 6 amide bonds. The van der Waals surface area contributed by atoms with Crippen LogP contribution in [0.1, 0.15) is 99.3 Å². The first-order valence-corrected chi connectivity index (χ1v) is 18.5. The lowest BCUT2D eigenvalue weighted by Crippen LogP contribution is -2.59. The van der Waals surface area contributed by atoms with Gasteiger partial charge in [-0.1, -0.05) is 41.5 Å². The first-order chi connectivity index (χ1) is 24.8. The Morgan fingerprint density at radius 2 is 1.11 bits per heavy atom. The summed E-state index contributed by atoms with van der Waals surface area (Å²) in [5.74, 6) is -7.32. The molecule has 0 radical (unpaired) electrons. The monoisotopic (exact) mass is 754 g/mol. The van der Waals surface area contributed by atoms with E-state index in [0.717, 1.165) is 6.42 Å². The van der Waals surface area contributed by atoms with Crippen LogP contribution in [0.4, 0.5) is 0 Å². The van der Waals surface area contributed by atoms with Gasteiger partial charge in [0.25, 0.3) is 0 Å². The number of rotatable bonds is 25. The minimum atomic E-state index is -1.67. The van der Waals surface area contributed by atoms with Gasteiger partial charge in [-0.25, -0.2) is 4.79 Å². The summed E-state index contributed by atoms with van der Waals surface area (Å²) in [5, 5.41) is 37.4. The van der Waals surface area contributed by atoms with Gasteiger partial charge in [0.05, 0.1) is 19.0 Å². The molecule has 18 heteroatoms. The summed E-state index contributed by atoms with van der Waals surface area (Å²) in [4.78, 5) is 103. The second kappa shape index (κ2) is 24.1. The fourth-order valence-corrected chi connectivity index (χ4v) is 5.78. The summed E-state index contributed by atoms with van der Waals surface area (Å²) in [5.41, 5.74) is 5.49. The predicted molar refractivity (Wildman–Crippen MR) is 195 cm³/mol. The van der Waals surface area contributed by atoms with Gasteiger partial charge in [-0.15, -0.1) is 0 Å². The van der Waals surface area contributed by atoms with Crippen LogP contribution in [-0.4, -0.2) is 113 Å². The molecule has 0 spiro atoms. The van der Waals surface area contributed by atoms with E-state index in [9.17, 15) is 48.6 Å². The number of carboxylic acid groups (broad SMARTS) is 2. The van der Waals surface area contributed by atoms with Crippen molar-refractivity contribution in [3.05, 3.63) is 0 Å². The Morgan fingerprint density at radius 3 is 1.53 bits per heavy atom. The normalized spacial score (nSPS) is 16.9. The summed E-state index contributed by atoms with van der Waals surface area (Å²) >= 11 is 0. The number of carboxylic acids is 2. The highest BCUT2D eigenvalue weighted by Gasteiger charge is 2.34. The maximum absolute atomic E-state index is 13.6. The van der Waals surface area contributed by atoms with Gasteiger partial charge in [0.1, 0.15) is 30.2 Å². The SMILES string of the molecule is CC(C)C[C@H](NC(=O)CNC(=O)[C@@H]1CCCN1)C(=O)N[C@@H](CC(C)C)C(=O)N[C@@H](CC(=O)O)C(=O)N[C@@H](CC(C)C)C(=O)N[C@@H](CCCCN)C(=O)O. The van der Waals surface area contributed by atoms with Crippen LogP contribution >= 0.6 is 0 Å². The van der Waals surface area contributed by atoms with Crippen LogP contribution in [0.3, 0.4) is 0 Å². The van der Waals surface area contributed by atoms with Crippen LogP contribution < -0.4 is 43.0 Å². The summed E-state index contributed by atoms with van der Waals surface area (Å²) in [6.07, 6.45) is 2.10. The largest absolute Gasteiger partial charge is 0.481 e. The molecule has 1 aliphatic rings. The number of hydrogen-bond acceptors (Lipinski definition) is 10. The minimum Gasteiger partial charge on any atom is -0.481 e. The van der Waals surface area contributed by atoms with Gasteiger partial charge in [-0.3, -0.25) is 33.6 Å². The minimum absolute atomic E-state index is 0.0583. The van der Waals surface area contributed by atoms with E-state index in [2.05, 4.69) is 37.2 Å². The molecular weight excluding hydrogens is 692 g/mol. The molecule has 1 heterocycles. The summed E-state index contributed by atoms with van der Waals surface area (Å²) in [7, 11) is 0. The van der Waals surface area contributed by atoms with Crippen molar-refractivity contribution in [2.45, 2.75) is 136 Å². The lowest BCUT2D eigenvalue weighted by molar-refractivity contribution is -0.143. The van der Waals surface area contributed by atoms with E-state index in [0.29, 0.717) is 32.4 Å². The maximum atomic E-state index is 13.6. The molecule has 0 unspecified atom stereocenters. The average Bonchev–Trinajstić information content (AvgIpc) is 3.60. The zero-order valence-corrected chi connectivity index (χ0v) is 31.9. The van der Waals surface area contributed by atoms with E-state index in [1.54, 1.807) is 27.7 Å². The number of nitrogens with one attached hydrogen (secondary N) is 7. The van der Waals surface area contributed by atoms with Crippen LogP contribution in [0.25, 0.3) is 0 Å². The summed E-state index contributed by atoms with van der Waals surface area (Å²) < 4.78 is 0. The van der Waals surface area contributed by atoms with Crippen molar-refractivity contribution in [2.75, 3.05) is 19.6 Å². The molecule has 11 N–H and O–H groups in total. The third-order valence-electron chi connectivity index (χ3n) is 8.41. The van der Waals surface area contributed by atoms with Crippen molar-refractivity contribution in [3.8, 4) is 0 Å². The Morgan fingerprint density at radius 1 is 0.660 bits per heavy atom. The van der Waals surface area contributed by atoms with Crippen molar-refractivity contribution >= 4 is 47.4 Å². The highest BCUT2D eigenvalue weighted by molar-refractivity contribution is 5.97. The Hall–Kier alpha value is -4.32. The smallest absolute Gasteiger partial charge is 0.326 e. The second-order valence-electron chi connectivity index (χ2n) is 14.8. The predicted octanol–water partition coefficient (Wildman–Crippen LogP) is -0.895. The number of unbranched alkanes of at least 4 members (excludes halogenated alkanes) is 1. The Labute approximate surface area is 311 Å². The first kappa shape index (κ1) is 46.7. The topological polar surface area (TPSA) is 287 Å². The fourth-order valence-electron chi connectivity index (χ4n) is 5.78. The molecule has 0 aromatic rings. The Balaban J connectivity index is 3.13. The van der Waals surface area contributed by atoms with E-state index in [1.165, 1.54) is 0 Å². The van der Waals surface area contributed by atoms with Crippen molar-refractivity contribution in [1.29, 1.82) is 0 Å². The summed E-state index contributed by atoms with van der Waals surface area (Å²) in [6.45, 7) is 11.5. The molecule has 0 bridgehead atoms.